The number of halogens is 1. The fourth-order valence-electron chi connectivity index (χ4n) is 4.95. The lowest BCUT2D eigenvalue weighted by molar-refractivity contribution is -0.134. The van der Waals surface area contributed by atoms with Crippen LogP contribution >= 0.6 is 0 Å². The molecule has 38 heavy (non-hydrogen) atoms. The highest BCUT2D eigenvalue weighted by atomic mass is 19.1. The Balaban J connectivity index is 1.58. The third-order valence-electron chi connectivity index (χ3n) is 6.94. The van der Waals surface area contributed by atoms with Crippen molar-refractivity contribution in [3.8, 4) is 5.75 Å². The summed E-state index contributed by atoms with van der Waals surface area (Å²) in [5.74, 6) is 0.419. The molecule has 0 aromatic heterocycles. The summed E-state index contributed by atoms with van der Waals surface area (Å²) in [4.78, 5) is 28.2. The monoisotopic (exact) mass is 516 g/mol. The van der Waals surface area contributed by atoms with Crippen molar-refractivity contribution in [2.45, 2.75) is 65.6 Å². The number of fused-ring (bicyclic) bond motifs is 1. The van der Waals surface area contributed by atoms with Crippen LogP contribution < -0.4 is 10.1 Å². The van der Waals surface area contributed by atoms with E-state index in [0.717, 1.165) is 23.1 Å². The molecular weight excluding hydrogens is 479 g/mol. The van der Waals surface area contributed by atoms with Gasteiger partial charge in [-0.3, -0.25) is 9.59 Å². The number of rotatable bonds is 9. The normalized spacial score (nSPS) is 15.6. The van der Waals surface area contributed by atoms with Gasteiger partial charge in [-0.05, 0) is 72.2 Å². The third kappa shape index (κ3) is 6.60. The topological polar surface area (TPSA) is 58.6 Å². The average Bonchev–Trinajstić information content (AvgIpc) is 2.90. The predicted octanol–water partition coefficient (Wildman–Crippen LogP) is 6.13. The Kier molecular flexibility index (Phi) is 8.82. The van der Waals surface area contributed by atoms with Gasteiger partial charge in [0.15, 0.2) is 6.10 Å². The number of aryl methyl sites for hydroxylation is 1. The first-order valence-corrected chi connectivity index (χ1v) is 13.4. The number of nitrogens with zero attached hydrogens (tertiary/aromatic N) is 1. The molecule has 0 aliphatic carbocycles. The molecule has 0 unspecified atom stereocenters. The molecule has 4 rings (SSSR count). The lowest BCUT2D eigenvalue weighted by Gasteiger charge is -2.38. The zero-order valence-electron chi connectivity index (χ0n) is 22.7. The average molecular weight is 517 g/mol. The molecular formula is C32H37FN2O3. The number of ether oxygens (including phenoxy) is 1. The fourth-order valence-corrected chi connectivity index (χ4v) is 4.95. The quantitative estimate of drug-likeness (QED) is 0.372. The van der Waals surface area contributed by atoms with Crippen molar-refractivity contribution in [3.63, 3.8) is 0 Å². The molecule has 0 saturated heterocycles. The van der Waals surface area contributed by atoms with Gasteiger partial charge >= 0.3 is 0 Å². The number of hydrogen-bond donors (Lipinski definition) is 1. The van der Waals surface area contributed by atoms with E-state index in [1.807, 2.05) is 30.0 Å². The van der Waals surface area contributed by atoms with Crippen molar-refractivity contribution >= 4 is 11.8 Å². The Labute approximate surface area is 225 Å². The van der Waals surface area contributed by atoms with Gasteiger partial charge in [0.1, 0.15) is 11.6 Å². The van der Waals surface area contributed by atoms with E-state index in [0.29, 0.717) is 30.7 Å². The minimum atomic E-state index is -0.693. The molecule has 200 valence electrons. The second-order valence-corrected chi connectivity index (χ2v) is 10.5. The Bertz CT molecular complexity index is 1270. The van der Waals surface area contributed by atoms with Gasteiger partial charge < -0.3 is 15.0 Å². The van der Waals surface area contributed by atoms with E-state index in [1.165, 1.54) is 17.7 Å². The van der Waals surface area contributed by atoms with Gasteiger partial charge in [0.25, 0.3) is 5.91 Å². The molecule has 0 bridgehead atoms. The molecule has 0 fully saturated rings. The molecule has 2 amide bonds. The number of amides is 2. The second kappa shape index (κ2) is 12.2. The first-order valence-electron chi connectivity index (χ1n) is 13.4. The number of hydrogen-bond acceptors (Lipinski definition) is 3. The summed E-state index contributed by atoms with van der Waals surface area (Å²) < 4.78 is 19.7. The Morgan fingerprint density at radius 1 is 1.08 bits per heavy atom. The van der Waals surface area contributed by atoms with Gasteiger partial charge in [-0.1, -0.05) is 68.8 Å². The third-order valence-corrected chi connectivity index (χ3v) is 6.94. The van der Waals surface area contributed by atoms with Crippen molar-refractivity contribution in [3.05, 3.63) is 100 Å². The lowest BCUT2D eigenvalue weighted by Crippen LogP contribution is -2.41. The van der Waals surface area contributed by atoms with Crippen LogP contribution in [0.3, 0.4) is 0 Å². The molecule has 0 spiro atoms. The maximum absolute atomic E-state index is 13.5. The van der Waals surface area contributed by atoms with Crippen molar-refractivity contribution in [2.75, 3.05) is 6.54 Å². The number of carbonyl (C=O) groups is 2. The van der Waals surface area contributed by atoms with Crippen LogP contribution in [0.5, 0.6) is 5.75 Å². The van der Waals surface area contributed by atoms with Crippen molar-refractivity contribution in [1.29, 1.82) is 0 Å². The summed E-state index contributed by atoms with van der Waals surface area (Å²) >= 11 is 0. The van der Waals surface area contributed by atoms with E-state index < -0.39 is 6.10 Å². The van der Waals surface area contributed by atoms with Crippen molar-refractivity contribution in [1.82, 2.24) is 10.2 Å². The maximum atomic E-state index is 13.5. The summed E-state index contributed by atoms with van der Waals surface area (Å²) in [7, 11) is 0. The first kappa shape index (κ1) is 27.4. The molecule has 3 aromatic carbocycles. The van der Waals surface area contributed by atoms with E-state index in [9.17, 15) is 14.0 Å². The van der Waals surface area contributed by atoms with Gasteiger partial charge in [-0.2, -0.15) is 0 Å². The van der Waals surface area contributed by atoms with Crippen molar-refractivity contribution in [2.24, 2.45) is 5.92 Å². The highest BCUT2D eigenvalue weighted by molar-refractivity contribution is 5.81. The predicted molar refractivity (Wildman–Crippen MR) is 147 cm³/mol. The summed E-state index contributed by atoms with van der Waals surface area (Å²) in [6.07, 6.45) is 1.05. The highest BCUT2D eigenvalue weighted by Gasteiger charge is 2.33. The van der Waals surface area contributed by atoms with E-state index >= 15 is 0 Å². The number of nitrogens with one attached hydrogen (secondary N) is 1. The zero-order chi connectivity index (χ0) is 27.2. The van der Waals surface area contributed by atoms with E-state index in [4.69, 9.17) is 4.74 Å². The van der Waals surface area contributed by atoms with Crippen molar-refractivity contribution < 1.29 is 18.7 Å². The number of carbonyl (C=O) groups excluding carboxylic acids is 2. The van der Waals surface area contributed by atoms with Crippen LogP contribution in [0, 0.1) is 18.7 Å². The molecule has 0 radical (unpaired) electrons. The molecule has 6 heteroatoms. The van der Waals surface area contributed by atoms with Crippen LogP contribution in [0.25, 0.3) is 0 Å². The van der Waals surface area contributed by atoms with Gasteiger partial charge in [0.05, 0.1) is 6.04 Å². The summed E-state index contributed by atoms with van der Waals surface area (Å²) in [5.41, 5.74) is 5.13. The SMILES string of the molecule is CC[C@@H](Oc1ccc2c(c1)[C@@H](c1ccc(C)cc1)N(C(=O)CC(C)C)CC2)C(=O)NCc1cccc(F)c1. The molecule has 2 atom stereocenters. The standard InChI is InChI=1S/C32H37FN2O3/c1-5-29(32(37)34-20-23-7-6-8-26(33)18-23)38-27-14-13-24-15-16-35(30(36)17-21(2)3)31(28(24)19-27)25-11-9-22(4)10-12-25/h6-14,18-19,21,29,31H,5,15-17,20H2,1-4H3,(H,34,37)/t29-,31-/m1/s1. The Morgan fingerprint density at radius 3 is 2.53 bits per heavy atom. The van der Waals surface area contributed by atoms with Crippen LogP contribution in [-0.4, -0.2) is 29.4 Å². The van der Waals surface area contributed by atoms with Crippen LogP contribution in [-0.2, 0) is 22.6 Å². The largest absolute Gasteiger partial charge is 0.481 e. The summed E-state index contributed by atoms with van der Waals surface area (Å²) in [6.45, 7) is 8.96. The minimum absolute atomic E-state index is 0.144. The fraction of sp³-hybridized carbons (Fsp3) is 0.375. The second-order valence-electron chi connectivity index (χ2n) is 10.5. The zero-order valence-corrected chi connectivity index (χ0v) is 22.7. The molecule has 1 aliphatic rings. The van der Waals surface area contributed by atoms with E-state index in [2.05, 4.69) is 50.4 Å². The van der Waals surface area contributed by atoms with Crippen LogP contribution in [0.15, 0.2) is 66.7 Å². The Morgan fingerprint density at radius 2 is 1.84 bits per heavy atom. The molecule has 1 N–H and O–H groups in total. The highest BCUT2D eigenvalue weighted by Crippen LogP contribution is 2.38. The van der Waals surface area contributed by atoms with Gasteiger partial charge in [0.2, 0.25) is 5.91 Å². The first-order chi connectivity index (χ1) is 18.2. The smallest absolute Gasteiger partial charge is 0.261 e. The van der Waals surface area contributed by atoms with Gasteiger partial charge in [-0.15, -0.1) is 0 Å². The van der Waals surface area contributed by atoms with Crippen LogP contribution in [0.2, 0.25) is 0 Å². The lowest BCUT2D eigenvalue weighted by atomic mass is 9.87. The van der Waals surface area contributed by atoms with Crippen LogP contribution in [0.1, 0.15) is 67.5 Å². The van der Waals surface area contributed by atoms with E-state index in [1.54, 1.807) is 12.1 Å². The number of benzene rings is 3. The maximum Gasteiger partial charge on any atom is 0.261 e. The molecule has 1 heterocycles. The Hall–Kier alpha value is -3.67. The molecule has 3 aromatic rings. The van der Waals surface area contributed by atoms with Gasteiger partial charge in [-0.25, -0.2) is 4.39 Å². The van der Waals surface area contributed by atoms with E-state index in [-0.39, 0.29) is 36.1 Å². The minimum Gasteiger partial charge on any atom is -0.481 e. The molecule has 0 saturated carbocycles. The van der Waals surface area contributed by atoms with Crippen LogP contribution in [0.4, 0.5) is 4.39 Å². The summed E-state index contributed by atoms with van der Waals surface area (Å²) in [6, 6.07) is 20.2. The summed E-state index contributed by atoms with van der Waals surface area (Å²) in [5, 5.41) is 2.86. The molecule has 5 nitrogen and oxygen atoms in total. The van der Waals surface area contributed by atoms with Gasteiger partial charge in [0, 0.05) is 19.5 Å². The molecule has 1 aliphatic heterocycles.